The molecule has 1 aliphatic heterocycles. The molecule has 0 aliphatic carbocycles. The van der Waals surface area contributed by atoms with Crippen LogP contribution in [0.15, 0.2) is 52.8 Å². The van der Waals surface area contributed by atoms with E-state index in [0.29, 0.717) is 0 Å². The highest BCUT2D eigenvalue weighted by molar-refractivity contribution is 5.64. The molecule has 0 saturated carbocycles. The van der Waals surface area contributed by atoms with Gasteiger partial charge in [0, 0.05) is 11.8 Å². The highest BCUT2D eigenvalue weighted by atomic mass is 15.1. The summed E-state index contributed by atoms with van der Waals surface area (Å²) < 4.78 is 0. The quantitative estimate of drug-likeness (QED) is 0.550. The molecule has 2 rings (SSSR count). The molecule has 1 aliphatic rings. The predicted molar refractivity (Wildman–Crippen MR) is 49.1 cm³/mol. The number of hydrogen-bond donors (Lipinski definition) is 0. The monoisotopic (exact) mass is 156 g/mol. The van der Waals surface area contributed by atoms with E-state index in [2.05, 4.69) is 10.2 Å². The van der Waals surface area contributed by atoms with Gasteiger partial charge in [-0.25, -0.2) is 0 Å². The Hall–Kier alpha value is -1.70. The van der Waals surface area contributed by atoms with E-state index in [4.69, 9.17) is 0 Å². The fourth-order valence-corrected chi connectivity index (χ4v) is 1.06. The molecular formula is C10H8N2. The topological polar surface area (TPSA) is 24.7 Å². The molecule has 0 radical (unpaired) electrons. The summed E-state index contributed by atoms with van der Waals surface area (Å²) >= 11 is 0. The van der Waals surface area contributed by atoms with Crippen LogP contribution in [0.5, 0.6) is 0 Å². The third-order valence-electron chi connectivity index (χ3n) is 1.64. The minimum atomic E-state index is 0.915. The number of benzene rings is 1. The van der Waals surface area contributed by atoms with E-state index in [1.165, 1.54) is 0 Å². The van der Waals surface area contributed by atoms with Gasteiger partial charge in [-0.1, -0.05) is 30.4 Å². The van der Waals surface area contributed by atoms with E-state index >= 15 is 0 Å². The van der Waals surface area contributed by atoms with Crippen molar-refractivity contribution in [1.29, 1.82) is 0 Å². The molecule has 0 N–H and O–H groups in total. The van der Waals surface area contributed by atoms with Gasteiger partial charge < -0.3 is 0 Å². The summed E-state index contributed by atoms with van der Waals surface area (Å²) in [5, 5.41) is 7.90. The summed E-state index contributed by atoms with van der Waals surface area (Å²) in [7, 11) is 0. The smallest absolute Gasteiger partial charge is 0.0929 e. The van der Waals surface area contributed by atoms with Crippen LogP contribution in [-0.4, -0.2) is 0 Å². The molecule has 0 saturated heterocycles. The number of nitrogens with zero attached hydrogens (tertiary/aromatic N) is 2. The number of fused-ring (bicyclic) bond motifs is 1. The van der Waals surface area contributed by atoms with Crippen LogP contribution >= 0.6 is 0 Å². The van der Waals surface area contributed by atoms with Gasteiger partial charge in [-0.05, 0) is 12.1 Å². The van der Waals surface area contributed by atoms with Crippen molar-refractivity contribution in [2.24, 2.45) is 10.2 Å². The van der Waals surface area contributed by atoms with E-state index in [9.17, 15) is 0 Å². The minimum absolute atomic E-state index is 0.915. The molecule has 0 aromatic heterocycles. The van der Waals surface area contributed by atoms with Crippen molar-refractivity contribution < 1.29 is 0 Å². The molecule has 0 atom stereocenters. The van der Waals surface area contributed by atoms with Gasteiger partial charge in [-0.3, -0.25) is 0 Å². The van der Waals surface area contributed by atoms with Crippen molar-refractivity contribution in [2.45, 2.75) is 0 Å². The van der Waals surface area contributed by atoms with Gasteiger partial charge in [-0.15, -0.1) is 0 Å². The lowest BCUT2D eigenvalue weighted by atomic mass is 10.1. The summed E-state index contributed by atoms with van der Waals surface area (Å²) in [4.78, 5) is 0. The second-order valence-corrected chi connectivity index (χ2v) is 2.47. The molecule has 0 unspecified atom stereocenters. The third-order valence-corrected chi connectivity index (χ3v) is 1.64. The Labute approximate surface area is 71.0 Å². The van der Waals surface area contributed by atoms with E-state index in [0.717, 1.165) is 11.3 Å². The molecule has 2 nitrogen and oxygen atoms in total. The lowest BCUT2D eigenvalue weighted by Gasteiger charge is -1.98. The van der Waals surface area contributed by atoms with Gasteiger partial charge in [0.25, 0.3) is 0 Å². The summed E-state index contributed by atoms with van der Waals surface area (Å²) in [6, 6.07) is 7.91. The maximum Gasteiger partial charge on any atom is 0.0929 e. The second kappa shape index (κ2) is 3.13. The zero-order chi connectivity index (χ0) is 8.23. The van der Waals surface area contributed by atoms with E-state index < -0.39 is 0 Å². The highest BCUT2D eigenvalue weighted by Gasteiger charge is 1.95. The van der Waals surface area contributed by atoms with Crippen LogP contribution in [0.1, 0.15) is 5.56 Å². The number of hydrogen-bond acceptors (Lipinski definition) is 2. The van der Waals surface area contributed by atoms with Gasteiger partial charge in [0.15, 0.2) is 0 Å². The van der Waals surface area contributed by atoms with E-state index in [1.807, 2.05) is 42.5 Å². The predicted octanol–water partition coefficient (Wildman–Crippen LogP) is 3.31. The Morgan fingerprint density at radius 2 is 1.92 bits per heavy atom. The van der Waals surface area contributed by atoms with Crippen molar-refractivity contribution in [3.8, 4) is 0 Å². The summed E-state index contributed by atoms with van der Waals surface area (Å²) in [6.45, 7) is 0. The maximum absolute atomic E-state index is 4.03. The first kappa shape index (κ1) is 6.98. The largest absolute Gasteiger partial charge is 0.159 e. The Morgan fingerprint density at radius 1 is 1.00 bits per heavy atom. The number of rotatable bonds is 0. The Morgan fingerprint density at radius 3 is 2.92 bits per heavy atom. The Balaban J connectivity index is 2.54. The van der Waals surface area contributed by atoms with Gasteiger partial charge in [0.2, 0.25) is 0 Å². The molecule has 1 heterocycles. The molecule has 0 spiro atoms. The molecule has 1 aromatic rings. The van der Waals surface area contributed by atoms with Crippen LogP contribution in [-0.2, 0) is 0 Å². The molecule has 0 bridgehead atoms. The zero-order valence-corrected chi connectivity index (χ0v) is 6.51. The van der Waals surface area contributed by atoms with Crippen LogP contribution in [0.25, 0.3) is 6.08 Å². The van der Waals surface area contributed by atoms with Crippen LogP contribution in [0.4, 0.5) is 5.69 Å². The first-order valence-corrected chi connectivity index (χ1v) is 3.80. The SMILES string of the molecule is C1=CN=Nc2ccccc2C=C1. The van der Waals surface area contributed by atoms with Gasteiger partial charge in [0.1, 0.15) is 0 Å². The Bertz CT molecular complexity index is 327. The molecule has 2 heteroatoms. The van der Waals surface area contributed by atoms with Gasteiger partial charge >= 0.3 is 0 Å². The normalized spacial score (nSPS) is 13.7. The minimum Gasteiger partial charge on any atom is -0.159 e. The highest BCUT2D eigenvalue weighted by Crippen LogP contribution is 2.21. The van der Waals surface area contributed by atoms with Gasteiger partial charge in [0.05, 0.1) is 5.69 Å². The van der Waals surface area contributed by atoms with Crippen LogP contribution in [0.3, 0.4) is 0 Å². The first-order valence-electron chi connectivity index (χ1n) is 3.80. The molecule has 58 valence electrons. The van der Waals surface area contributed by atoms with Gasteiger partial charge in [-0.2, -0.15) is 10.2 Å². The fraction of sp³-hybridized carbons (Fsp3) is 0. The van der Waals surface area contributed by atoms with Crippen LogP contribution in [0, 0.1) is 0 Å². The second-order valence-electron chi connectivity index (χ2n) is 2.47. The number of allylic oxidation sites excluding steroid dienone is 2. The molecular weight excluding hydrogens is 148 g/mol. The van der Waals surface area contributed by atoms with Crippen LogP contribution in [0.2, 0.25) is 0 Å². The molecule has 0 amide bonds. The third kappa shape index (κ3) is 1.32. The molecule has 12 heavy (non-hydrogen) atoms. The maximum atomic E-state index is 4.03. The van der Waals surface area contributed by atoms with Crippen LogP contribution < -0.4 is 0 Å². The van der Waals surface area contributed by atoms with Crippen molar-refractivity contribution in [1.82, 2.24) is 0 Å². The standard InChI is InChI=1S/C10H8N2/c1-2-7-10-9(5-1)6-3-4-8-11-12-10/h1-8H. The fourth-order valence-electron chi connectivity index (χ4n) is 1.06. The van der Waals surface area contributed by atoms with Crippen molar-refractivity contribution in [3.05, 3.63) is 48.2 Å². The average molecular weight is 156 g/mol. The van der Waals surface area contributed by atoms with Crippen molar-refractivity contribution in [3.63, 3.8) is 0 Å². The lowest BCUT2D eigenvalue weighted by Crippen LogP contribution is -1.73. The average Bonchev–Trinajstić information content (AvgIpc) is 2.06. The zero-order valence-electron chi connectivity index (χ0n) is 6.51. The first-order chi connectivity index (χ1) is 5.97. The van der Waals surface area contributed by atoms with Crippen molar-refractivity contribution >= 4 is 11.8 Å². The molecule has 0 fully saturated rings. The lowest BCUT2D eigenvalue weighted by molar-refractivity contribution is 1.22. The summed E-state index contributed by atoms with van der Waals surface area (Å²) in [6.07, 6.45) is 7.51. The molecule has 1 aromatic carbocycles. The summed E-state index contributed by atoms with van der Waals surface area (Å²) in [5.74, 6) is 0. The van der Waals surface area contributed by atoms with E-state index in [1.54, 1.807) is 6.20 Å². The summed E-state index contributed by atoms with van der Waals surface area (Å²) in [5.41, 5.74) is 2.02. The van der Waals surface area contributed by atoms with E-state index in [-0.39, 0.29) is 0 Å². The number of azo groups is 1. The van der Waals surface area contributed by atoms with Crippen molar-refractivity contribution in [2.75, 3.05) is 0 Å². The Kier molecular flexibility index (Phi) is 1.82.